The second-order valence-corrected chi connectivity index (χ2v) is 6.84. The van der Waals surface area contributed by atoms with Gasteiger partial charge in [0.25, 0.3) is 0 Å². The molecule has 0 aliphatic carbocycles. The van der Waals surface area contributed by atoms with E-state index in [2.05, 4.69) is 15.4 Å². The maximum absolute atomic E-state index is 13.0. The molecular formula is C18H13Cl2FN4O2. The number of fused-ring (bicyclic) bond motifs is 1. The van der Waals surface area contributed by atoms with Gasteiger partial charge in [0.15, 0.2) is 5.75 Å². The first kappa shape index (κ1) is 17.8. The Kier molecular flexibility index (Phi) is 4.72. The Balaban J connectivity index is 1.59. The van der Waals surface area contributed by atoms with E-state index in [0.29, 0.717) is 21.7 Å². The van der Waals surface area contributed by atoms with Crippen molar-refractivity contribution in [3.8, 4) is 5.75 Å². The number of hydrogen-bond donors (Lipinski definition) is 1. The Hall–Kier alpha value is -2.64. The molecule has 9 heteroatoms. The molecule has 1 aliphatic rings. The number of aromatic nitrogens is 3. The van der Waals surface area contributed by atoms with Crippen LogP contribution in [0.4, 0.5) is 10.3 Å². The van der Waals surface area contributed by atoms with Crippen molar-refractivity contribution in [1.82, 2.24) is 14.8 Å². The molecule has 27 heavy (non-hydrogen) atoms. The zero-order valence-electron chi connectivity index (χ0n) is 13.8. The summed E-state index contributed by atoms with van der Waals surface area (Å²) >= 11 is 12.7. The number of carbonyl (C=O) groups excluding carboxylic acids is 1. The Morgan fingerprint density at radius 2 is 1.93 bits per heavy atom. The Labute approximate surface area is 163 Å². The average Bonchev–Trinajstić information content (AvgIpc) is 3.10. The molecule has 0 fully saturated rings. The minimum absolute atomic E-state index is 0.163. The summed E-state index contributed by atoms with van der Waals surface area (Å²) in [4.78, 5) is 15.9. The molecule has 6 nitrogen and oxygen atoms in total. The first-order valence-electron chi connectivity index (χ1n) is 8.07. The van der Waals surface area contributed by atoms with Crippen molar-refractivity contribution < 1.29 is 13.9 Å². The molecule has 3 aromatic rings. The van der Waals surface area contributed by atoms with E-state index in [1.807, 2.05) is 0 Å². The van der Waals surface area contributed by atoms with Crippen LogP contribution in [0.15, 0.2) is 42.7 Å². The fraction of sp³-hybridized carbons (Fsp3) is 0.167. The third kappa shape index (κ3) is 3.61. The highest BCUT2D eigenvalue weighted by molar-refractivity contribution is 6.37. The number of amides is 1. The lowest BCUT2D eigenvalue weighted by Gasteiger charge is -2.24. The summed E-state index contributed by atoms with van der Waals surface area (Å²) in [5.74, 6) is 0.221. The van der Waals surface area contributed by atoms with Crippen LogP contribution >= 0.6 is 23.2 Å². The lowest BCUT2D eigenvalue weighted by atomic mass is 10.0. The van der Waals surface area contributed by atoms with E-state index in [-0.39, 0.29) is 30.8 Å². The Bertz CT molecular complexity index is 984. The van der Waals surface area contributed by atoms with Crippen molar-refractivity contribution >= 4 is 35.1 Å². The summed E-state index contributed by atoms with van der Waals surface area (Å²) in [7, 11) is 0. The molecule has 0 bridgehead atoms. The van der Waals surface area contributed by atoms with Crippen LogP contribution in [0.5, 0.6) is 5.75 Å². The van der Waals surface area contributed by atoms with E-state index in [9.17, 15) is 9.18 Å². The zero-order valence-corrected chi connectivity index (χ0v) is 15.3. The quantitative estimate of drug-likeness (QED) is 0.703. The molecule has 0 radical (unpaired) electrons. The van der Waals surface area contributed by atoms with Gasteiger partial charge in [-0.15, -0.1) is 0 Å². The Morgan fingerprint density at radius 1 is 1.22 bits per heavy atom. The summed E-state index contributed by atoms with van der Waals surface area (Å²) < 4.78 is 20.3. The molecule has 1 aliphatic heterocycles. The third-order valence-corrected chi connectivity index (χ3v) is 4.76. The van der Waals surface area contributed by atoms with Gasteiger partial charge in [-0.25, -0.2) is 9.07 Å². The SMILES string of the molecule is O=C1CC(c2cc(Cl)c(OCc3ccc(F)cc3)c(Cl)c2)n2ncnc2N1. The van der Waals surface area contributed by atoms with E-state index in [1.165, 1.54) is 18.5 Å². The second-order valence-electron chi connectivity index (χ2n) is 6.03. The van der Waals surface area contributed by atoms with Crippen LogP contribution in [-0.4, -0.2) is 20.7 Å². The van der Waals surface area contributed by atoms with Crippen LogP contribution < -0.4 is 10.1 Å². The number of ether oxygens (including phenoxy) is 1. The van der Waals surface area contributed by atoms with Crippen molar-refractivity contribution in [3.05, 3.63) is 69.7 Å². The third-order valence-electron chi connectivity index (χ3n) is 4.20. The van der Waals surface area contributed by atoms with Crippen LogP contribution in [0.3, 0.4) is 0 Å². The standard InChI is InChI=1S/C18H13Cl2FN4O2/c19-13-5-11(15-7-16(26)24-18-22-9-23-25(15)18)6-14(20)17(13)27-8-10-1-3-12(21)4-2-10/h1-6,9,15H,7-8H2,(H,22,23,24,26). The van der Waals surface area contributed by atoms with E-state index < -0.39 is 0 Å². The van der Waals surface area contributed by atoms with Crippen LogP contribution in [0.1, 0.15) is 23.6 Å². The van der Waals surface area contributed by atoms with Gasteiger partial charge in [0.05, 0.1) is 22.5 Å². The number of nitrogens with one attached hydrogen (secondary N) is 1. The van der Waals surface area contributed by atoms with Crippen LogP contribution in [0.2, 0.25) is 10.0 Å². The monoisotopic (exact) mass is 406 g/mol. The number of rotatable bonds is 4. The topological polar surface area (TPSA) is 69.0 Å². The number of benzene rings is 2. The number of nitrogens with zero attached hydrogens (tertiary/aromatic N) is 3. The van der Waals surface area contributed by atoms with E-state index >= 15 is 0 Å². The minimum Gasteiger partial charge on any atom is -0.486 e. The highest BCUT2D eigenvalue weighted by Gasteiger charge is 2.28. The largest absolute Gasteiger partial charge is 0.486 e. The van der Waals surface area contributed by atoms with Gasteiger partial charge in [-0.2, -0.15) is 10.1 Å². The normalized spacial score (nSPS) is 16.0. The Morgan fingerprint density at radius 3 is 2.63 bits per heavy atom. The fourth-order valence-corrected chi connectivity index (χ4v) is 3.52. The number of hydrogen-bond acceptors (Lipinski definition) is 4. The van der Waals surface area contributed by atoms with Gasteiger partial charge >= 0.3 is 0 Å². The first-order chi connectivity index (χ1) is 13.0. The molecule has 1 aromatic heterocycles. The van der Waals surface area contributed by atoms with Crippen molar-refractivity contribution in [3.63, 3.8) is 0 Å². The van der Waals surface area contributed by atoms with E-state index in [0.717, 1.165) is 11.1 Å². The summed E-state index contributed by atoms with van der Waals surface area (Å²) in [5.41, 5.74) is 1.50. The first-order valence-corrected chi connectivity index (χ1v) is 8.82. The highest BCUT2D eigenvalue weighted by Crippen LogP contribution is 2.39. The van der Waals surface area contributed by atoms with E-state index in [4.69, 9.17) is 27.9 Å². The zero-order chi connectivity index (χ0) is 19.0. The highest BCUT2D eigenvalue weighted by atomic mass is 35.5. The molecule has 0 saturated carbocycles. The van der Waals surface area contributed by atoms with Gasteiger partial charge in [-0.3, -0.25) is 10.1 Å². The molecule has 138 valence electrons. The average molecular weight is 407 g/mol. The maximum Gasteiger partial charge on any atom is 0.229 e. The minimum atomic E-state index is -0.364. The van der Waals surface area contributed by atoms with Crippen LogP contribution in [0.25, 0.3) is 0 Å². The molecule has 4 rings (SSSR count). The van der Waals surface area contributed by atoms with Gasteiger partial charge in [0.1, 0.15) is 18.8 Å². The van der Waals surface area contributed by atoms with Gasteiger partial charge in [0.2, 0.25) is 11.9 Å². The van der Waals surface area contributed by atoms with Gasteiger partial charge in [-0.05, 0) is 35.4 Å². The molecule has 2 aromatic carbocycles. The maximum atomic E-state index is 13.0. The number of carbonyl (C=O) groups is 1. The van der Waals surface area contributed by atoms with Crippen LogP contribution in [0, 0.1) is 5.82 Å². The van der Waals surface area contributed by atoms with Crippen molar-refractivity contribution in [2.24, 2.45) is 0 Å². The number of halogens is 3. The molecule has 1 atom stereocenters. The van der Waals surface area contributed by atoms with Crippen molar-refractivity contribution in [1.29, 1.82) is 0 Å². The van der Waals surface area contributed by atoms with Crippen molar-refractivity contribution in [2.45, 2.75) is 19.1 Å². The van der Waals surface area contributed by atoms with Crippen molar-refractivity contribution in [2.75, 3.05) is 5.32 Å². The molecule has 0 saturated heterocycles. The van der Waals surface area contributed by atoms with Gasteiger partial charge in [0, 0.05) is 0 Å². The molecule has 1 unspecified atom stereocenters. The summed E-state index contributed by atoms with van der Waals surface area (Å²) in [6, 6.07) is 8.99. The van der Waals surface area contributed by atoms with Crippen LogP contribution in [-0.2, 0) is 11.4 Å². The molecule has 1 amide bonds. The lowest BCUT2D eigenvalue weighted by molar-refractivity contribution is -0.117. The lowest BCUT2D eigenvalue weighted by Crippen LogP contribution is -2.29. The summed E-state index contributed by atoms with van der Waals surface area (Å²) in [6.07, 6.45) is 1.57. The molecule has 0 spiro atoms. The van der Waals surface area contributed by atoms with E-state index in [1.54, 1.807) is 28.9 Å². The summed E-state index contributed by atoms with van der Waals surface area (Å²) in [6.45, 7) is 0.193. The second kappa shape index (κ2) is 7.17. The number of anilines is 1. The smallest absolute Gasteiger partial charge is 0.229 e. The predicted octanol–water partition coefficient (Wildman–Crippen LogP) is 4.23. The van der Waals surface area contributed by atoms with Gasteiger partial charge in [-0.1, -0.05) is 35.3 Å². The predicted molar refractivity (Wildman–Crippen MR) is 98.6 cm³/mol. The molecule has 1 N–H and O–H groups in total. The molecular weight excluding hydrogens is 394 g/mol. The molecule has 2 heterocycles. The fourth-order valence-electron chi connectivity index (χ4n) is 2.91. The van der Waals surface area contributed by atoms with Gasteiger partial charge < -0.3 is 4.74 Å². The summed E-state index contributed by atoms with van der Waals surface area (Å²) in [5, 5.41) is 7.44.